The predicted molar refractivity (Wildman–Crippen MR) is 145 cm³/mol. The number of pyridine rings is 1. The van der Waals surface area contributed by atoms with Gasteiger partial charge < -0.3 is 15.2 Å². The van der Waals surface area contributed by atoms with Gasteiger partial charge in [-0.05, 0) is 61.3 Å². The normalized spacial score (nSPS) is 12.2. The topological polar surface area (TPSA) is 57.6 Å². The molecule has 0 bridgehead atoms. The molecule has 6 heteroatoms. The molecule has 0 fully saturated rings. The van der Waals surface area contributed by atoms with Crippen molar-refractivity contribution in [1.29, 1.82) is 0 Å². The Bertz CT molecular complexity index is 1060. The summed E-state index contributed by atoms with van der Waals surface area (Å²) in [6, 6.07) is 19.6. The van der Waals surface area contributed by atoms with E-state index in [1.165, 1.54) is 5.56 Å². The maximum atomic E-state index is 10.8. The van der Waals surface area contributed by atoms with Gasteiger partial charge in [-0.25, -0.2) is 4.98 Å². The van der Waals surface area contributed by atoms with Crippen molar-refractivity contribution in [3.05, 3.63) is 88.1 Å². The van der Waals surface area contributed by atoms with Crippen LogP contribution in [0.2, 0.25) is 5.02 Å². The summed E-state index contributed by atoms with van der Waals surface area (Å²) in [6.45, 7) is 12.3. The van der Waals surface area contributed by atoms with Gasteiger partial charge in [0.25, 0.3) is 0 Å². The zero-order valence-corrected chi connectivity index (χ0v) is 22.1. The van der Waals surface area contributed by atoms with E-state index in [1.807, 2.05) is 48.5 Å². The van der Waals surface area contributed by atoms with Crippen LogP contribution in [0.1, 0.15) is 62.7 Å². The van der Waals surface area contributed by atoms with Crippen molar-refractivity contribution in [2.75, 3.05) is 25.0 Å². The van der Waals surface area contributed by atoms with Crippen molar-refractivity contribution in [2.24, 2.45) is 5.92 Å². The molecule has 0 aliphatic rings. The Morgan fingerprint density at radius 1 is 1.06 bits per heavy atom. The first-order valence-corrected chi connectivity index (χ1v) is 12.9. The van der Waals surface area contributed by atoms with Crippen LogP contribution in [0.15, 0.2) is 60.7 Å². The molecule has 0 amide bonds. The molecule has 0 spiro atoms. The molecule has 188 valence electrons. The number of rotatable bonds is 13. The van der Waals surface area contributed by atoms with Crippen molar-refractivity contribution in [1.82, 2.24) is 9.88 Å². The molecule has 0 radical (unpaired) electrons. The number of anilines is 1. The summed E-state index contributed by atoms with van der Waals surface area (Å²) < 4.78 is 5.99. The fraction of sp³-hybridized carbons (Fsp3) is 0.414. The highest BCUT2D eigenvalue weighted by Gasteiger charge is 2.12. The fourth-order valence-electron chi connectivity index (χ4n) is 3.89. The summed E-state index contributed by atoms with van der Waals surface area (Å²) in [5.41, 5.74) is 3.90. The third-order valence-corrected chi connectivity index (χ3v) is 5.98. The van der Waals surface area contributed by atoms with Crippen LogP contribution < -0.4 is 10.1 Å². The fourth-order valence-corrected chi connectivity index (χ4v) is 4.08. The lowest BCUT2D eigenvalue weighted by Crippen LogP contribution is -2.23. The van der Waals surface area contributed by atoms with Gasteiger partial charge in [-0.3, -0.25) is 4.90 Å². The zero-order chi connectivity index (χ0) is 25.2. The van der Waals surface area contributed by atoms with E-state index >= 15 is 0 Å². The number of aromatic nitrogens is 1. The average Bonchev–Trinajstić information content (AvgIpc) is 2.84. The van der Waals surface area contributed by atoms with Crippen LogP contribution >= 0.6 is 11.6 Å². The molecule has 0 aliphatic heterocycles. The van der Waals surface area contributed by atoms with Crippen molar-refractivity contribution in [3.63, 3.8) is 0 Å². The number of hydrogen-bond acceptors (Lipinski definition) is 5. The third kappa shape index (κ3) is 8.53. The number of halogens is 1. The Morgan fingerprint density at radius 2 is 1.83 bits per heavy atom. The second-order valence-corrected chi connectivity index (χ2v) is 9.74. The minimum Gasteiger partial charge on any atom is -0.493 e. The molecule has 0 saturated heterocycles. The maximum absolute atomic E-state index is 10.8. The minimum atomic E-state index is -0.846. The van der Waals surface area contributed by atoms with E-state index in [0.717, 1.165) is 48.6 Å². The van der Waals surface area contributed by atoms with Crippen molar-refractivity contribution in [2.45, 2.75) is 53.3 Å². The van der Waals surface area contributed by atoms with Gasteiger partial charge in [0.1, 0.15) is 11.6 Å². The van der Waals surface area contributed by atoms with Crippen molar-refractivity contribution < 1.29 is 9.84 Å². The van der Waals surface area contributed by atoms with E-state index in [1.54, 1.807) is 0 Å². The summed E-state index contributed by atoms with van der Waals surface area (Å²) in [4.78, 5) is 7.13. The quantitative estimate of drug-likeness (QED) is 0.258. The number of hydrogen-bond donors (Lipinski definition) is 2. The molecule has 3 aromatic rings. The molecular weight excluding hydrogens is 458 g/mol. The summed E-state index contributed by atoms with van der Waals surface area (Å²) in [5.74, 6) is 1.87. The first-order chi connectivity index (χ1) is 16.9. The molecule has 1 heterocycles. The highest BCUT2D eigenvalue weighted by molar-refractivity contribution is 6.30. The van der Waals surface area contributed by atoms with Gasteiger partial charge >= 0.3 is 0 Å². The molecule has 2 N–H and O–H groups in total. The summed E-state index contributed by atoms with van der Waals surface area (Å²) in [5, 5.41) is 14.5. The van der Waals surface area contributed by atoms with E-state index in [4.69, 9.17) is 21.3 Å². The lowest BCUT2D eigenvalue weighted by molar-refractivity contribution is 0.207. The Labute approximate surface area is 215 Å². The molecule has 1 aromatic heterocycles. The number of ether oxygens (including phenoxy) is 1. The lowest BCUT2D eigenvalue weighted by Gasteiger charge is -2.20. The zero-order valence-electron chi connectivity index (χ0n) is 21.3. The van der Waals surface area contributed by atoms with Crippen LogP contribution in [0.5, 0.6) is 5.75 Å². The number of aliphatic hydroxyl groups is 1. The van der Waals surface area contributed by atoms with Gasteiger partial charge in [0.2, 0.25) is 0 Å². The molecule has 0 aliphatic carbocycles. The van der Waals surface area contributed by atoms with Crippen LogP contribution in [-0.4, -0.2) is 34.7 Å². The highest BCUT2D eigenvalue weighted by atomic mass is 35.5. The largest absolute Gasteiger partial charge is 0.493 e. The van der Waals surface area contributed by atoms with E-state index in [9.17, 15) is 5.11 Å². The molecular formula is C29H38ClN3O2. The SMILES string of the molecule is CCCN(CC)Cc1ccc(C(O)Nc2cccc(Cc3cc(Cl)ccc3OCC(C)C)n2)cc1. The van der Waals surface area contributed by atoms with Crippen LogP contribution in [0.3, 0.4) is 0 Å². The third-order valence-electron chi connectivity index (χ3n) is 5.75. The summed E-state index contributed by atoms with van der Waals surface area (Å²) in [6.07, 6.45) is 0.880. The van der Waals surface area contributed by atoms with Crippen LogP contribution in [-0.2, 0) is 13.0 Å². The lowest BCUT2D eigenvalue weighted by atomic mass is 10.1. The van der Waals surface area contributed by atoms with Crippen molar-refractivity contribution in [3.8, 4) is 5.75 Å². The van der Waals surface area contributed by atoms with Gasteiger partial charge in [0, 0.05) is 34.8 Å². The van der Waals surface area contributed by atoms with E-state index in [-0.39, 0.29) is 0 Å². The van der Waals surface area contributed by atoms with Gasteiger partial charge in [-0.2, -0.15) is 0 Å². The molecule has 1 atom stereocenters. The van der Waals surface area contributed by atoms with Gasteiger partial charge in [0.05, 0.1) is 6.61 Å². The highest BCUT2D eigenvalue weighted by Crippen LogP contribution is 2.26. The molecule has 0 saturated carbocycles. The molecule has 2 aromatic carbocycles. The van der Waals surface area contributed by atoms with Crippen molar-refractivity contribution >= 4 is 17.4 Å². The summed E-state index contributed by atoms with van der Waals surface area (Å²) >= 11 is 6.25. The van der Waals surface area contributed by atoms with Gasteiger partial charge in [-0.1, -0.05) is 69.6 Å². The minimum absolute atomic E-state index is 0.432. The van der Waals surface area contributed by atoms with Crippen LogP contribution in [0.25, 0.3) is 0 Å². The second kappa shape index (κ2) is 13.5. The van der Waals surface area contributed by atoms with Gasteiger partial charge in [0.15, 0.2) is 6.23 Å². The molecule has 1 unspecified atom stereocenters. The van der Waals surface area contributed by atoms with E-state index in [0.29, 0.717) is 29.8 Å². The Hall–Kier alpha value is -2.60. The second-order valence-electron chi connectivity index (χ2n) is 9.31. The molecule has 5 nitrogen and oxygen atoms in total. The average molecular weight is 496 g/mol. The summed E-state index contributed by atoms with van der Waals surface area (Å²) in [7, 11) is 0. The van der Waals surface area contributed by atoms with E-state index < -0.39 is 6.23 Å². The number of nitrogens with one attached hydrogen (secondary N) is 1. The Morgan fingerprint density at radius 3 is 2.51 bits per heavy atom. The Kier molecular flexibility index (Phi) is 10.4. The Balaban J connectivity index is 1.66. The number of benzene rings is 2. The van der Waals surface area contributed by atoms with Crippen LogP contribution in [0, 0.1) is 5.92 Å². The molecule has 35 heavy (non-hydrogen) atoms. The number of aliphatic hydroxyl groups excluding tert-OH is 1. The first kappa shape index (κ1) is 27.0. The monoisotopic (exact) mass is 495 g/mol. The van der Waals surface area contributed by atoms with Crippen LogP contribution in [0.4, 0.5) is 5.82 Å². The number of nitrogens with zero attached hydrogens (tertiary/aromatic N) is 2. The first-order valence-electron chi connectivity index (χ1n) is 12.5. The predicted octanol–water partition coefficient (Wildman–Crippen LogP) is 6.70. The smallest absolute Gasteiger partial charge is 0.151 e. The maximum Gasteiger partial charge on any atom is 0.151 e. The van der Waals surface area contributed by atoms with Gasteiger partial charge in [-0.15, -0.1) is 0 Å². The standard InChI is InChI=1S/C29H38ClN3O2/c1-5-16-33(6-2)19-22-10-12-23(13-11-22)29(34)32-28-9-7-8-26(31-28)18-24-17-25(30)14-15-27(24)35-20-21(3)4/h7-15,17,21,29,34H,5-6,16,18-20H2,1-4H3,(H,31,32). The van der Waals surface area contributed by atoms with E-state index in [2.05, 4.69) is 50.0 Å². The molecule has 3 rings (SSSR count).